The zero-order chi connectivity index (χ0) is 11.2. The van der Waals surface area contributed by atoms with Gasteiger partial charge in [-0.3, -0.25) is 4.98 Å². The van der Waals surface area contributed by atoms with Crippen molar-refractivity contribution in [3.8, 4) is 0 Å². The topological polar surface area (TPSA) is 24.9 Å². The first-order chi connectivity index (χ1) is 7.84. The number of pyridine rings is 1. The monoisotopic (exact) mass is 296 g/mol. The highest BCUT2D eigenvalue weighted by atomic mass is 79.9. The molecule has 0 atom stereocenters. The molecular formula is C12H13BrN2S. The molecule has 0 amide bonds. The standard InChI is InChI=1S/C12H13BrN2S/c13-11-7-12(16-9-11)8-15-6-3-10-1-4-14-5-2-10/h1-2,4-5,7,9,15H,3,6,8H2. The van der Waals surface area contributed by atoms with Crippen LogP contribution in [-0.4, -0.2) is 11.5 Å². The van der Waals surface area contributed by atoms with Crippen LogP contribution < -0.4 is 5.32 Å². The first kappa shape index (κ1) is 11.8. The van der Waals surface area contributed by atoms with Crippen LogP contribution in [0.5, 0.6) is 0 Å². The summed E-state index contributed by atoms with van der Waals surface area (Å²) in [6.45, 7) is 1.95. The lowest BCUT2D eigenvalue weighted by Gasteiger charge is -2.02. The van der Waals surface area contributed by atoms with Gasteiger partial charge in [-0.05, 0) is 52.7 Å². The van der Waals surface area contributed by atoms with Crippen molar-refractivity contribution >= 4 is 27.3 Å². The van der Waals surface area contributed by atoms with Gasteiger partial charge in [0.1, 0.15) is 0 Å². The summed E-state index contributed by atoms with van der Waals surface area (Å²) in [4.78, 5) is 5.36. The van der Waals surface area contributed by atoms with Crippen LogP contribution in [0, 0.1) is 0 Å². The minimum atomic E-state index is 0.946. The highest BCUT2D eigenvalue weighted by Crippen LogP contribution is 2.19. The summed E-state index contributed by atoms with van der Waals surface area (Å²) in [5.41, 5.74) is 1.33. The molecule has 0 aromatic carbocycles. The Labute approximate surface area is 108 Å². The lowest BCUT2D eigenvalue weighted by molar-refractivity contribution is 0.693. The fourth-order valence-electron chi connectivity index (χ4n) is 1.44. The van der Waals surface area contributed by atoms with Crippen molar-refractivity contribution in [1.82, 2.24) is 10.3 Å². The maximum absolute atomic E-state index is 4.00. The van der Waals surface area contributed by atoms with E-state index < -0.39 is 0 Å². The molecule has 0 saturated carbocycles. The second-order valence-corrected chi connectivity index (χ2v) is 5.42. The molecule has 0 unspecified atom stereocenters. The Bertz CT molecular complexity index is 428. The third-order valence-corrected chi connectivity index (χ3v) is 3.96. The third-order valence-electron chi connectivity index (χ3n) is 2.26. The van der Waals surface area contributed by atoms with Gasteiger partial charge in [-0.15, -0.1) is 11.3 Å². The molecule has 0 spiro atoms. The number of nitrogens with one attached hydrogen (secondary N) is 1. The molecule has 0 bridgehead atoms. The van der Waals surface area contributed by atoms with E-state index in [1.807, 2.05) is 12.4 Å². The SMILES string of the molecule is Brc1csc(CNCCc2ccncc2)c1. The van der Waals surface area contributed by atoms with Gasteiger partial charge >= 0.3 is 0 Å². The van der Waals surface area contributed by atoms with Gasteiger partial charge in [0.05, 0.1) is 0 Å². The smallest absolute Gasteiger partial charge is 0.0300 e. The van der Waals surface area contributed by atoms with Crippen LogP contribution in [0.1, 0.15) is 10.4 Å². The number of aromatic nitrogens is 1. The lowest BCUT2D eigenvalue weighted by Crippen LogP contribution is -2.15. The Balaban J connectivity index is 1.69. The Morgan fingerprint density at radius 2 is 2.12 bits per heavy atom. The molecule has 0 aliphatic rings. The summed E-state index contributed by atoms with van der Waals surface area (Å²) >= 11 is 5.23. The second kappa shape index (κ2) is 6.13. The van der Waals surface area contributed by atoms with Crippen LogP contribution in [0.25, 0.3) is 0 Å². The van der Waals surface area contributed by atoms with Crippen LogP contribution in [0.3, 0.4) is 0 Å². The summed E-state index contributed by atoms with van der Waals surface area (Å²) in [7, 11) is 0. The highest BCUT2D eigenvalue weighted by molar-refractivity contribution is 9.10. The average Bonchev–Trinajstić information content (AvgIpc) is 2.72. The van der Waals surface area contributed by atoms with Crippen LogP contribution in [0.4, 0.5) is 0 Å². The van der Waals surface area contributed by atoms with E-state index in [1.165, 1.54) is 14.9 Å². The molecular weight excluding hydrogens is 284 g/mol. The molecule has 0 fully saturated rings. The lowest BCUT2D eigenvalue weighted by atomic mass is 10.2. The molecule has 2 nitrogen and oxygen atoms in total. The number of rotatable bonds is 5. The number of hydrogen-bond donors (Lipinski definition) is 1. The van der Waals surface area contributed by atoms with E-state index in [4.69, 9.17) is 0 Å². The van der Waals surface area contributed by atoms with Gasteiger partial charge in [0.2, 0.25) is 0 Å². The van der Waals surface area contributed by atoms with Gasteiger partial charge in [-0.25, -0.2) is 0 Å². The molecule has 1 N–H and O–H groups in total. The predicted molar refractivity (Wildman–Crippen MR) is 71.7 cm³/mol. The van der Waals surface area contributed by atoms with E-state index in [1.54, 1.807) is 11.3 Å². The van der Waals surface area contributed by atoms with E-state index in [9.17, 15) is 0 Å². The average molecular weight is 297 g/mol. The number of hydrogen-bond acceptors (Lipinski definition) is 3. The zero-order valence-electron chi connectivity index (χ0n) is 8.82. The molecule has 16 heavy (non-hydrogen) atoms. The van der Waals surface area contributed by atoms with E-state index in [0.717, 1.165) is 19.5 Å². The maximum Gasteiger partial charge on any atom is 0.0300 e. The van der Waals surface area contributed by atoms with Gasteiger partial charge < -0.3 is 5.32 Å². The van der Waals surface area contributed by atoms with E-state index in [2.05, 4.69) is 49.8 Å². The van der Waals surface area contributed by atoms with Crippen molar-refractivity contribution in [2.45, 2.75) is 13.0 Å². The van der Waals surface area contributed by atoms with E-state index >= 15 is 0 Å². The minimum Gasteiger partial charge on any atom is -0.312 e. The summed E-state index contributed by atoms with van der Waals surface area (Å²) in [5, 5.41) is 5.54. The van der Waals surface area contributed by atoms with Gasteiger partial charge in [-0.2, -0.15) is 0 Å². The number of thiophene rings is 1. The molecule has 84 valence electrons. The van der Waals surface area contributed by atoms with Crippen molar-refractivity contribution in [2.24, 2.45) is 0 Å². The summed E-state index contributed by atoms with van der Waals surface area (Å²) in [6.07, 6.45) is 4.73. The Morgan fingerprint density at radius 1 is 1.31 bits per heavy atom. The molecule has 2 heterocycles. The molecule has 4 heteroatoms. The van der Waals surface area contributed by atoms with Gasteiger partial charge in [0.25, 0.3) is 0 Å². The predicted octanol–water partition coefficient (Wildman–Crippen LogP) is 3.24. The normalized spacial score (nSPS) is 10.6. The molecule has 2 aromatic rings. The number of nitrogens with zero attached hydrogens (tertiary/aromatic N) is 1. The van der Waals surface area contributed by atoms with Crippen molar-refractivity contribution < 1.29 is 0 Å². The third kappa shape index (κ3) is 3.70. The Hall–Kier alpha value is -0.710. The van der Waals surface area contributed by atoms with E-state index in [0.29, 0.717) is 0 Å². The van der Waals surface area contributed by atoms with Gasteiger partial charge in [0.15, 0.2) is 0 Å². The Morgan fingerprint density at radius 3 is 2.81 bits per heavy atom. The van der Waals surface area contributed by atoms with Crippen molar-refractivity contribution in [1.29, 1.82) is 0 Å². The van der Waals surface area contributed by atoms with E-state index in [-0.39, 0.29) is 0 Å². The minimum absolute atomic E-state index is 0.946. The van der Waals surface area contributed by atoms with Crippen molar-refractivity contribution in [2.75, 3.05) is 6.54 Å². The quantitative estimate of drug-likeness (QED) is 0.857. The second-order valence-electron chi connectivity index (χ2n) is 3.51. The van der Waals surface area contributed by atoms with Crippen molar-refractivity contribution in [3.63, 3.8) is 0 Å². The molecule has 0 aliphatic carbocycles. The largest absolute Gasteiger partial charge is 0.312 e. The van der Waals surface area contributed by atoms with Crippen LogP contribution in [0.2, 0.25) is 0 Å². The molecule has 2 rings (SSSR count). The molecule has 0 aliphatic heterocycles. The first-order valence-electron chi connectivity index (χ1n) is 5.17. The first-order valence-corrected chi connectivity index (χ1v) is 6.84. The zero-order valence-corrected chi connectivity index (χ0v) is 11.2. The fraction of sp³-hybridized carbons (Fsp3) is 0.250. The Kier molecular flexibility index (Phi) is 4.51. The van der Waals surface area contributed by atoms with Crippen LogP contribution in [0.15, 0.2) is 40.4 Å². The van der Waals surface area contributed by atoms with Gasteiger partial charge in [-0.1, -0.05) is 0 Å². The fourth-order valence-corrected chi connectivity index (χ4v) is 2.86. The summed E-state index contributed by atoms with van der Waals surface area (Å²) in [5.74, 6) is 0. The molecule has 0 saturated heterocycles. The highest BCUT2D eigenvalue weighted by Gasteiger charge is 1.97. The maximum atomic E-state index is 4.00. The van der Waals surface area contributed by atoms with Crippen molar-refractivity contribution in [3.05, 3.63) is 50.9 Å². The van der Waals surface area contributed by atoms with Crippen LogP contribution in [-0.2, 0) is 13.0 Å². The van der Waals surface area contributed by atoms with Gasteiger partial charge in [0, 0.05) is 33.7 Å². The molecule has 2 aromatic heterocycles. The number of halogens is 1. The van der Waals surface area contributed by atoms with Crippen LogP contribution >= 0.6 is 27.3 Å². The molecule has 0 radical (unpaired) electrons. The summed E-state index contributed by atoms with van der Waals surface area (Å²) < 4.78 is 1.17. The summed E-state index contributed by atoms with van der Waals surface area (Å²) in [6, 6.07) is 6.27.